The Morgan fingerprint density at radius 3 is 2.65 bits per heavy atom. The van der Waals surface area contributed by atoms with E-state index in [1.54, 1.807) is 0 Å². The second-order valence-corrected chi connectivity index (χ2v) is 6.16. The van der Waals surface area contributed by atoms with Crippen molar-refractivity contribution in [3.63, 3.8) is 0 Å². The van der Waals surface area contributed by atoms with Gasteiger partial charge in [-0.05, 0) is 25.0 Å². The van der Waals surface area contributed by atoms with Crippen LogP contribution in [0.4, 0.5) is 0 Å². The molecule has 0 aromatic rings. The fraction of sp³-hybridized carbons (Fsp3) is 0.917. The van der Waals surface area contributed by atoms with Gasteiger partial charge in [-0.3, -0.25) is 4.79 Å². The molecule has 0 aliphatic carbocycles. The molecule has 0 saturated carbocycles. The van der Waals surface area contributed by atoms with Gasteiger partial charge in [-0.25, -0.2) is 0 Å². The van der Waals surface area contributed by atoms with Crippen LogP contribution in [0.1, 0.15) is 33.1 Å². The van der Waals surface area contributed by atoms with Gasteiger partial charge in [0.15, 0.2) is 0 Å². The summed E-state index contributed by atoms with van der Waals surface area (Å²) in [5, 5.41) is 3.90. The largest absolute Gasteiger partial charge is 0.381 e. The highest BCUT2D eigenvalue weighted by atomic mass is 32.2. The zero-order valence-corrected chi connectivity index (χ0v) is 11.6. The summed E-state index contributed by atoms with van der Waals surface area (Å²) in [6.45, 7) is 5.81. The molecule has 4 nitrogen and oxygen atoms in total. The molecule has 0 bridgehead atoms. The summed E-state index contributed by atoms with van der Waals surface area (Å²) < 4.78 is 5.32. The Kier molecular flexibility index (Phi) is 6.92. The highest BCUT2D eigenvalue weighted by Crippen LogP contribution is 2.22. The molecule has 0 spiro atoms. The van der Waals surface area contributed by atoms with Crippen LogP contribution in [-0.2, 0) is 9.53 Å². The van der Waals surface area contributed by atoms with E-state index in [1.165, 1.54) is 0 Å². The molecule has 1 heterocycles. The lowest BCUT2D eigenvalue weighted by molar-refractivity contribution is -0.120. The van der Waals surface area contributed by atoms with Crippen molar-refractivity contribution in [3.8, 4) is 0 Å². The Morgan fingerprint density at radius 1 is 1.47 bits per heavy atom. The number of amides is 1. The maximum Gasteiger partial charge on any atom is 0.234 e. The summed E-state index contributed by atoms with van der Waals surface area (Å²) in [6, 6.07) is 0.0999. The Morgan fingerprint density at radius 2 is 2.12 bits per heavy atom. The number of rotatable bonds is 7. The lowest BCUT2D eigenvalue weighted by Crippen LogP contribution is -2.44. The van der Waals surface area contributed by atoms with Crippen molar-refractivity contribution in [1.29, 1.82) is 0 Å². The van der Waals surface area contributed by atoms with Crippen LogP contribution in [0.25, 0.3) is 0 Å². The van der Waals surface area contributed by atoms with Gasteiger partial charge in [-0.2, -0.15) is 11.8 Å². The number of primary amides is 1. The number of nitrogens with one attached hydrogen (secondary N) is 1. The van der Waals surface area contributed by atoms with Crippen LogP contribution in [0, 0.1) is 0 Å². The number of carbonyl (C=O) groups excluding carboxylic acids is 1. The third kappa shape index (κ3) is 6.29. The van der Waals surface area contributed by atoms with Gasteiger partial charge in [0.2, 0.25) is 5.91 Å². The molecule has 17 heavy (non-hydrogen) atoms. The van der Waals surface area contributed by atoms with Gasteiger partial charge in [-0.15, -0.1) is 0 Å². The summed E-state index contributed by atoms with van der Waals surface area (Å²) >= 11 is 1.94. The van der Waals surface area contributed by atoms with Gasteiger partial charge >= 0.3 is 0 Å². The normalized spacial score (nSPS) is 19.5. The molecular weight excluding hydrogens is 236 g/mol. The fourth-order valence-electron chi connectivity index (χ4n) is 1.91. The highest BCUT2D eigenvalue weighted by molar-refractivity contribution is 7.99. The lowest BCUT2D eigenvalue weighted by atomic mass is 10.2. The summed E-state index contributed by atoms with van der Waals surface area (Å²) in [7, 11) is 0. The Hall–Kier alpha value is -0.260. The van der Waals surface area contributed by atoms with E-state index in [9.17, 15) is 4.79 Å². The third-order valence-corrected chi connectivity index (χ3v) is 4.22. The van der Waals surface area contributed by atoms with Crippen LogP contribution in [0.5, 0.6) is 0 Å². The van der Waals surface area contributed by atoms with Crippen molar-refractivity contribution in [2.24, 2.45) is 5.73 Å². The van der Waals surface area contributed by atoms with E-state index in [0.29, 0.717) is 11.3 Å². The minimum atomic E-state index is -0.244. The molecule has 0 aromatic heterocycles. The molecule has 1 aliphatic heterocycles. The average Bonchev–Trinajstić information content (AvgIpc) is 2.28. The SMILES string of the molecule is CC(C)NC(CCSC1CCOCC1)C(N)=O. The van der Waals surface area contributed by atoms with Crippen LogP contribution in [0.15, 0.2) is 0 Å². The summed E-state index contributed by atoms with van der Waals surface area (Å²) in [5.41, 5.74) is 5.37. The predicted molar refractivity (Wildman–Crippen MR) is 72.2 cm³/mol. The van der Waals surface area contributed by atoms with Crippen molar-refractivity contribution in [2.75, 3.05) is 19.0 Å². The maximum absolute atomic E-state index is 11.2. The molecular formula is C12H24N2O2S. The molecule has 0 radical (unpaired) electrons. The summed E-state index contributed by atoms with van der Waals surface area (Å²) in [6.07, 6.45) is 3.07. The molecule has 100 valence electrons. The summed E-state index contributed by atoms with van der Waals surface area (Å²) in [4.78, 5) is 11.2. The van der Waals surface area contributed by atoms with E-state index in [2.05, 4.69) is 5.32 Å². The van der Waals surface area contributed by atoms with Crippen LogP contribution in [0.2, 0.25) is 0 Å². The first-order chi connectivity index (χ1) is 8.09. The number of hydrogen-bond donors (Lipinski definition) is 2. The van der Waals surface area contributed by atoms with E-state index < -0.39 is 0 Å². The van der Waals surface area contributed by atoms with E-state index in [0.717, 1.165) is 38.2 Å². The van der Waals surface area contributed by atoms with Crippen LogP contribution < -0.4 is 11.1 Å². The molecule has 3 N–H and O–H groups in total. The van der Waals surface area contributed by atoms with Crippen LogP contribution >= 0.6 is 11.8 Å². The predicted octanol–water partition coefficient (Wildman–Crippen LogP) is 1.14. The number of ether oxygens (including phenoxy) is 1. The molecule has 1 fully saturated rings. The van der Waals surface area contributed by atoms with Crippen LogP contribution in [0.3, 0.4) is 0 Å². The number of hydrogen-bond acceptors (Lipinski definition) is 4. The number of thioether (sulfide) groups is 1. The topological polar surface area (TPSA) is 64.3 Å². The van der Waals surface area contributed by atoms with Gasteiger partial charge in [0.05, 0.1) is 6.04 Å². The molecule has 1 unspecified atom stereocenters. The highest BCUT2D eigenvalue weighted by Gasteiger charge is 2.18. The third-order valence-electron chi connectivity index (χ3n) is 2.81. The lowest BCUT2D eigenvalue weighted by Gasteiger charge is -2.23. The molecule has 5 heteroatoms. The van der Waals surface area contributed by atoms with Crippen molar-refractivity contribution < 1.29 is 9.53 Å². The second kappa shape index (κ2) is 7.95. The zero-order valence-electron chi connectivity index (χ0n) is 10.8. The van der Waals surface area contributed by atoms with Gasteiger partial charge in [0.1, 0.15) is 0 Å². The minimum absolute atomic E-state index is 0.192. The minimum Gasteiger partial charge on any atom is -0.381 e. The van der Waals surface area contributed by atoms with E-state index in [1.807, 2.05) is 25.6 Å². The Balaban J connectivity index is 2.19. The summed E-state index contributed by atoms with van der Waals surface area (Å²) in [5.74, 6) is 0.740. The van der Waals surface area contributed by atoms with E-state index >= 15 is 0 Å². The van der Waals surface area contributed by atoms with Crippen molar-refractivity contribution in [3.05, 3.63) is 0 Å². The molecule has 1 rings (SSSR count). The van der Waals surface area contributed by atoms with Gasteiger partial charge in [0, 0.05) is 24.5 Å². The zero-order chi connectivity index (χ0) is 12.7. The maximum atomic E-state index is 11.2. The average molecular weight is 260 g/mol. The number of nitrogens with two attached hydrogens (primary N) is 1. The van der Waals surface area contributed by atoms with Crippen molar-refractivity contribution in [1.82, 2.24) is 5.32 Å². The van der Waals surface area contributed by atoms with E-state index in [4.69, 9.17) is 10.5 Å². The smallest absolute Gasteiger partial charge is 0.234 e. The first-order valence-corrected chi connectivity index (χ1v) is 7.39. The molecule has 1 amide bonds. The molecule has 1 atom stereocenters. The standard InChI is InChI=1S/C12H24N2O2S/c1-9(2)14-11(12(13)15)5-8-17-10-3-6-16-7-4-10/h9-11,14H,3-8H2,1-2H3,(H2,13,15). The first kappa shape index (κ1) is 14.8. The Labute approximate surface area is 108 Å². The van der Waals surface area contributed by atoms with Crippen LogP contribution in [-0.4, -0.2) is 42.2 Å². The fourth-order valence-corrected chi connectivity index (χ4v) is 3.14. The quantitative estimate of drug-likeness (QED) is 0.720. The monoisotopic (exact) mass is 260 g/mol. The number of carbonyl (C=O) groups is 1. The van der Waals surface area contributed by atoms with Crippen molar-refractivity contribution >= 4 is 17.7 Å². The van der Waals surface area contributed by atoms with Gasteiger partial charge < -0.3 is 15.8 Å². The van der Waals surface area contributed by atoms with Gasteiger partial charge in [-0.1, -0.05) is 13.8 Å². The molecule has 1 aliphatic rings. The van der Waals surface area contributed by atoms with E-state index in [-0.39, 0.29) is 11.9 Å². The van der Waals surface area contributed by atoms with Crippen molar-refractivity contribution in [2.45, 2.75) is 50.4 Å². The molecule has 0 aromatic carbocycles. The first-order valence-electron chi connectivity index (χ1n) is 6.34. The Bertz CT molecular complexity index is 231. The van der Waals surface area contributed by atoms with Gasteiger partial charge in [0.25, 0.3) is 0 Å². The second-order valence-electron chi connectivity index (χ2n) is 4.75. The molecule has 1 saturated heterocycles.